The number of likely N-dealkylation sites (tertiary alicyclic amines) is 1. The lowest BCUT2D eigenvalue weighted by Crippen LogP contribution is -2.44. The van der Waals surface area contributed by atoms with E-state index in [1.807, 2.05) is 26.0 Å². The first kappa shape index (κ1) is 25.1. The number of fused-ring (bicyclic) bond motifs is 1. The Hall–Kier alpha value is -2.96. The molecule has 0 spiro atoms. The average molecular weight is 494 g/mol. The number of rotatable bonds is 6. The molecule has 0 unspecified atom stereocenters. The van der Waals surface area contributed by atoms with Gasteiger partial charge in [0, 0.05) is 47.4 Å². The predicted molar refractivity (Wildman–Crippen MR) is 140 cm³/mol. The maximum absolute atomic E-state index is 13.0. The third kappa shape index (κ3) is 4.91. The lowest BCUT2D eigenvalue weighted by molar-refractivity contribution is 0.0948. The molecule has 0 radical (unpaired) electrons. The predicted octanol–water partition coefficient (Wildman–Crippen LogP) is 4.35. The Bertz CT molecular complexity index is 1310. The van der Waals surface area contributed by atoms with Crippen LogP contribution in [0.2, 0.25) is 5.02 Å². The topological polar surface area (TPSA) is 64.3 Å². The number of hydrogen-bond donors (Lipinski definition) is 0. The summed E-state index contributed by atoms with van der Waals surface area (Å²) in [6.07, 6.45) is 3.55. The molecule has 2 atom stereocenters. The molecule has 1 saturated heterocycles. The van der Waals surface area contributed by atoms with Gasteiger partial charge in [-0.2, -0.15) is 4.57 Å². The van der Waals surface area contributed by atoms with Crippen molar-refractivity contribution in [2.75, 3.05) is 19.6 Å². The molecule has 1 aliphatic carbocycles. The fraction of sp³-hybridized carbons (Fsp3) is 0.393. The smallest absolute Gasteiger partial charge is 0.302 e. The van der Waals surface area contributed by atoms with Crippen molar-refractivity contribution in [3.63, 3.8) is 0 Å². The average Bonchev–Trinajstić information content (AvgIpc) is 3.45. The number of aryl methyl sites for hydroxylation is 2. The van der Waals surface area contributed by atoms with Gasteiger partial charge in [-0.25, -0.2) is 4.79 Å². The molecule has 5 rings (SSSR count). The van der Waals surface area contributed by atoms with Gasteiger partial charge in [0.25, 0.3) is 11.5 Å². The molecule has 2 fully saturated rings. The zero-order chi connectivity index (χ0) is 25.2. The molecule has 0 N–H and O–H groups in total. The maximum Gasteiger partial charge on any atom is 0.338 e. The molecule has 0 bridgehead atoms. The van der Waals surface area contributed by atoms with E-state index in [-0.39, 0.29) is 5.41 Å². The van der Waals surface area contributed by atoms with Crippen molar-refractivity contribution in [3.05, 3.63) is 103 Å². The Morgan fingerprint density at radius 1 is 1.03 bits per heavy atom. The van der Waals surface area contributed by atoms with E-state index in [4.69, 9.17) is 11.6 Å². The van der Waals surface area contributed by atoms with Crippen LogP contribution in [-0.2, 0) is 12.0 Å². The Morgan fingerprint density at radius 2 is 1.71 bits per heavy atom. The number of benzene rings is 2. The minimum Gasteiger partial charge on any atom is -0.302 e. The highest BCUT2D eigenvalue weighted by Crippen LogP contribution is 2.59. The molecule has 6 nitrogen and oxygen atoms in total. The van der Waals surface area contributed by atoms with Gasteiger partial charge in [0.1, 0.15) is 0 Å². The lowest BCUT2D eigenvalue weighted by atomic mass is 9.95. The van der Waals surface area contributed by atoms with Gasteiger partial charge >= 0.3 is 5.69 Å². The summed E-state index contributed by atoms with van der Waals surface area (Å²) in [6.45, 7) is 9.03. The Labute approximate surface area is 210 Å². The van der Waals surface area contributed by atoms with E-state index in [0.29, 0.717) is 23.6 Å². The van der Waals surface area contributed by atoms with E-state index >= 15 is 0 Å². The number of piperidine rings is 1. The Morgan fingerprint density at radius 3 is 2.40 bits per heavy atom. The number of aromatic nitrogens is 2. The van der Waals surface area contributed by atoms with E-state index in [1.54, 1.807) is 43.5 Å². The minimum absolute atomic E-state index is 0.243. The second-order valence-corrected chi connectivity index (χ2v) is 9.69. The summed E-state index contributed by atoms with van der Waals surface area (Å²) in [5.74, 6) is 0.0848. The van der Waals surface area contributed by atoms with Crippen molar-refractivity contribution in [2.24, 2.45) is 5.92 Å². The van der Waals surface area contributed by atoms with Crippen molar-refractivity contribution in [1.29, 1.82) is 0 Å². The third-order valence-corrected chi connectivity index (χ3v) is 7.31. The van der Waals surface area contributed by atoms with Crippen molar-refractivity contribution in [2.45, 2.75) is 45.6 Å². The van der Waals surface area contributed by atoms with Crippen molar-refractivity contribution >= 4 is 17.5 Å². The molecule has 3 aromatic rings. The summed E-state index contributed by atoms with van der Waals surface area (Å²) >= 11 is 6.05. The Kier molecular flexibility index (Phi) is 7.43. The van der Waals surface area contributed by atoms with Gasteiger partial charge in [-0.05, 0) is 62.1 Å². The quantitative estimate of drug-likeness (QED) is 0.512. The molecular formula is C28H32ClN3O3. The molecule has 2 heterocycles. The summed E-state index contributed by atoms with van der Waals surface area (Å²) in [4.78, 5) is 40.9. The SMILES string of the molecule is CC.Cc1cn(CCCN2C[C@H]3C[C@@]3(c3ccc(Cl)cc3)C2)c(=O)n(C(=O)c2ccccc2)c1=O. The van der Waals surface area contributed by atoms with Crippen LogP contribution >= 0.6 is 11.6 Å². The van der Waals surface area contributed by atoms with Gasteiger partial charge in [-0.3, -0.25) is 14.2 Å². The third-order valence-electron chi connectivity index (χ3n) is 7.06. The second-order valence-electron chi connectivity index (χ2n) is 9.25. The van der Waals surface area contributed by atoms with Crippen LogP contribution in [0.5, 0.6) is 0 Å². The largest absolute Gasteiger partial charge is 0.338 e. The van der Waals surface area contributed by atoms with E-state index in [0.717, 1.165) is 35.6 Å². The van der Waals surface area contributed by atoms with E-state index < -0.39 is 17.2 Å². The summed E-state index contributed by atoms with van der Waals surface area (Å²) < 4.78 is 2.24. The van der Waals surface area contributed by atoms with Crippen LogP contribution in [0.4, 0.5) is 0 Å². The van der Waals surface area contributed by atoms with Crippen LogP contribution in [0.3, 0.4) is 0 Å². The molecule has 0 amide bonds. The fourth-order valence-corrected chi connectivity index (χ4v) is 5.36. The van der Waals surface area contributed by atoms with Crippen LogP contribution in [0.1, 0.15) is 48.2 Å². The maximum atomic E-state index is 13.0. The molecule has 1 aliphatic heterocycles. The molecule has 7 heteroatoms. The summed E-state index contributed by atoms with van der Waals surface area (Å²) in [5.41, 5.74) is 1.15. The number of halogens is 1. The summed E-state index contributed by atoms with van der Waals surface area (Å²) in [5, 5.41) is 0.759. The summed E-state index contributed by atoms with van der Waals surface area (Å²) in [6, 6.07) is 16.6. The molecule has 2 aromatic carbocycles. The molecule has 35 heavy (non-hydrogen) atoms. The molecule has 184 valence electrons. The van der Waals surface area contributed by atoms with Crippen LogP contribution in [0, 0.1) is 12.8 Å². The first-order chi connectivity index (χ1) is 16.9. The van der Waals surface area contributed by atoms with E-state index in [1.165, 1.54) is 16.6 Å². The minimum atomic E-state index is -0.590. The number of nitrogens with zero attached hydrogens (tertiary/aromatic N) is 3. The molecule has 1 saturated carbocycles. The first-order valence-corrected chi connectivity index (χ1v) is 12.7. The van der Waals surface area contributed by atoms with Crippen LogP contribution < -0.4 is 11.2 Å². The van der Waals surface area contributed by atoms with Gasteiger partial charge in [-0.15, -0.1) is 0 Å². The van der Waals surface area contributed by atoms with Crippen LogP contribution in [0.15, 0.2) is 70.4 Å². The highest BCUT2D eigenvalue weighted by molar-refractivity contribution is 6.30. The van der Waals surface area contributed by atoms with E-state index in [2.05, 4.69) is 17.0 Å². The lowest BCUT2D eigenvalue weighted by Gasteiger charge is -2.21. The van der Waals surface area contributed by atoms with Gasteiger partial charge in [-0.1, -0.05) is 55.8 Å². The summed E-state index contributed by atoms with van der Waals surface area (Å²) in [7, 11) is 0. The van der Waals surface area contributed by atoms with Gasteiger partial charge in [0.05, 0.1) is 0 Å². The second kappa shape index (κ2) is 10.3. The van der Waals surface area contributed by atoms with E-state index in [9.17, 15) is 14.4 Å². The van der Waals surface area contributed by atoms with Crippen molar-refractivity contribution in [3.8, 4) is 0 Å². The highest BCUT2D eigenvalue weighted by Gasteiger charge is 2.60. The van der Waals surface area contributed by atoms with Crippen LogP contribution in [-0.4, -0.2) is 39.6 Å². The van der Waals surface area contributed by atoms with Crippen molar-refractivity contribution < 1.29 is 4.79 Å². The monoisotopic (exact) mass is 493 g/mol. The highest BCUT2D eigenvalue weighted by atomic mass is 35.5. The molecule has 1 aromatic heterocycles. The van der Waals surface area contributed by atoms with Gasteiger partial charge in [0.15, 0.2) is 0 Å². The molecular weight excluding hydrogens is 462 g/mol. The number of carbonyl (C=O) groups is 1. The normalized spacial score (nSPS) is 20.6. The number of hydrogen-bond acceptors (Lipinski definition) is 4. The standard InChI is InChI=1S/C26H26ClN3O3.C2H6/c1-18-15-29(25(33)30(23(18)31)24(32)19-6-3-2-4-7-19)13-5-12-28-16-21-14-26(21,17-28)20-8-10-22(27)11-9-20;1-2/h2-4,6-11,15,21H,5,12-14,16-17H2,1H3;1-2H3/t21-,26+;/m1./s1. The molecule has 2 aliphatic rings. The van der Waals surface area contributed by atoms with Gasteiger partial charge < -0.3 is 4.90 Å². The Balaban J connectivity index is 0.00000141. The first-order valence-electron chi connectivity index (χ1n) is 12.3. The number of carbonyl (C=O) groups excluding carboxylic acids is 1. The fourth-order valence-electron chi connectivity index (χ4n) is 5.24. The zero-order valence-corrected chi connectivity index (χ0v) is 21.3. The van der Waals surface area contributed by atoms with Gasteiger partial charge in [0.2, 0.25) is 0 Å². The van der Waals surface area contributed by atoms with Crippen LogP contribution in [0.25, 0.3) is 0 Å². The van der Waals surface area contributed by atoms with Crippen molar-refractivity contribution in [1.82, 2.24) is 14.0 Å². The zero-order valence-electron chi connectivity index (χ0n) is 20.5.